The van der Waals surface area contributed by atoms with Crippen LogP contribution >= 0.6 is 0 Å². The van der Waals surface area contributed by atoms with Gasteiger partial charge in [0.25, 0.3) is 5.69 Å². The van der Waals surface area contributed by atoms with Gasteiger partial charge in [-0.05, 0) is 43.3 Å². The van der Waals surface area contributed by atoms with E-state index in [0.29, 0.717) is 11.6 Å². The molecule has 28 heavy (non-hydrogen) atoms. The third-order valence-electron chi connectivity index (χ3n) is 3.64. The molecule has 0 saturated carbocycles. The lowest BCUT2D eigenvalue weighted by atomic mass is 10.1. The van der Waals surface area contributed by atoms with Crippen LogP contribution in [0.5, 0.6) is 5.75 Å². The fraction of sp³-hybridized carbons (Fsp3) is 0.188. The number of rotatable bonds is 7. The van der Waals surface area contributed by atoms with Crippen LogP contribution in [-0.4, -0.2) is 45.9 Å². The van der Waals surface area contributed by atoms with E-state index in [-0.39, 0.29) is 11.5 Å². The van der Waals surface area contributed by atoms with Gasteiger partial charge in [0, 0.05) is 25.7 Å². The number of nitrogens with zero attached hydrogens (tertiary/aromatic N) is 2. The number of nitro groups is 1. The van der Waals surface area contributed by atoms with E-state index < -0.39 is 40.5 Å². The second-order valence-electron chi connectivity index (χ2n) is 5.79. The third kappa shape index (κ3) is 4.35. The van der Waals surface area contributed by atoms with Crippen molar-refractivity contribution in [2.75, 3.05) is 14.1 Å². The average molecular weight is 428 g/mol. The van der Waals surface area contributed by atoms with Crippen LogP contribution in [0.3, 0.4) is 0 Å². The molecule has 12 heteroatoms. The van der Waals surface area contributed by atoms with Crippen LogP contribution in [0.25, 0.3) is 0 Å². The summed E-state index contributed by atoms with van der Waals surface area (Å²) in [6.07, 6.45) is 0. The predicted octanol–water partition coefficient (Wildman–Crippen LogP) is 1.82. The van der Waals surface area contributed by atoms with Gasteiger partial charge in [0.05, 0.1) is 9.82 Å². The fourth-order valence-corrected chi connectivity index (χ4v) is 4.14. The zero-order chi connectivity index (χ0) is 21.3. The molecule has 0 N–H and O–H groups in total. The first-order chi connectivity index (χ1) is 12.9. The Morgan fingerprint density at radius 2 is 1.61 bits per heavy atom. The van der Waals surface area contributed by atoms with Crippen LogP contribution in [0.15, 0.2) is 52.3 Å². The normalized spacial score (nSPS) is 12.0. The number of hydrogen-bond acceptors (Lipinski definition) is 8. The topological polar surface area (TPSA) is 141 Å². The number of Topliss-reactive ketones (excluding diaryl/α,β-unsaturated/α-hetero) is 1. The largest absolute Gasteiger partial charge is 0.379 e. The summed E-state index contributed by atoms with van der Waals surface area (Å²) in [7, 11) is -6.17. The van der Waals surface area contributed by atoms with Crippen molar-refractivity contribution in [3.05, 3.63) is 58.1 Å². The number of hydrogen-bond donors (Lipinski definition) is 0. The van der Waals surface area contributed by atoms with E-state index in [0.717, 1.165) is 16.4 Å². The molecule has 0 saturated heterocycles. The highest BCUT2D eigenvalue weighted by Crippen LogP contribution is 2.30. The van der Waals surface area contributed by atoms with Gasteiger partial charge in [0.2, 0.25) is 10.0 Å². The Hall–Kier alpha value is -2.83. The zero-order valence-electron chi connectivity index (χ0n) is 15.0. The maximum absolute atomic E-state index is 12.5. The molecule has 0 unspecified atom stereocenters. The van der Waals surface area contributed by atoms with Crippen molar-refractivity contribution >= 4 is 31.6 Å². The summed E-state index contributed by atoms with van der Waals surface area (Å²) in [5, 5.41) is 11.3. The van der Waals surface area contributed by atoms with Crippen LogP contribution in [0.4, 0.5) is 5.69 Å². The quantitative estimate of drug-likeness (QED) is 0.281. The molecule has 0 heterocycles. The summed E-state index contributed by atoms with van der Waals surface area (Å²) >= 11 is 0. The molecule has 0 aliphatic carbocycles. The second-order valence-corrected chi connectivity index (χ2v) is 9.46. The molecule has 0 aliphatic heterocycles. The van der Waals surface area contributed by atoms with Gasteiger partial charge in [0.15, 0.2) is 10.7 Å². The van der Waals surface area contributed by atoms with Crippen LogP contribution in [0.1, 0.15) is 17.3 Å². The van der Waals surface area contributed by atoms with E-state index in [2.05, 4.69) is 0 Å². The van der Waals surface area contributed by atoms with E-state index >= 15 is 0 Å². The first kappa shape index (κ1) is 21.5. The minimum atomic E-state index is -4.64. The molecule has 0 spiro atoms. The number of benzene rings is 2. The molecule has 2 aromatic carbocycles. The molecular weight excluding hydrogens is 412 g/mol. The highest BCUT2D eigenvalue weighted by Gasteiger charge is 2.31. The maximum atomic E-state index is 12.5. The average Bonchev–Trinajstić information content (AvgIpc) is 2.61. The van der Waals surface area contributed by atoms with Gasteiger partial charge in [-0.25, -0.2) is 12.7 Å². The molecule has 2 rings (SSSR count). The Bertz CT molecular complexity index is 1140. The lowest BCUT2D eigenvalue weighted by Gasteiger charge is -2.12. The predicted molar refractivity (Wildman–Crippen MR) is 98.2 cm³/mol. The first-order valence-corrected chi connectivity index (χ1v) is 10.5. The van der Waals surface area contributed by atoms with E-state index in [4.69, 9.17) is 4.18 Å². The molecule has 0 amide bonds. The van der Waals surface area contributed by atoms with Gasteiger partial charge in [-0.15, -0.1) is 0 Å². The van der Waals surface area contributed by atoms with Gasteiger partial charge < -0.3 is 4.18 Å². The summed E-state index contributed by atoms with van der Waals surface area (Å²) < 4.78 is 55.0. The highest BCUT2D eigenvalue weighted by atomic mass is 32.2. The molecule has 0 radical (unpaired) electrons. The standard InChI is InChI=1S/C16H16N2O8S2/c1-11(19)12-4-6-13(7-5-12)26-28(24,25)16-9-8-14(10-15(16)18(20)21)27(22,23)17(2)3/h4-10H,1-3H3. The number of ketones is 1. The minimum absolute atomic E-state index is 0.163. The smallest absolute Gasteiger partial charge is 0.346 e. The number of nitro benzene ring substituents is 1. The molecule has 2 aromatic rings. The number of sulfonamides is 1. The van der Waals surface area contributed by atoms with Gasteiger partial charge in [0.1, 0.15) is 5.75 Å². The first-order valence-electron chi connectivity index (χ1n) is 7.62. The van der Waals surface area contributed by atoms with Crippen molar-refractivity contribution in [2.45, 2.75) is 16.7 Å². The van der Waals surface area contributed by atoms with E-state index in [9.17, 15) is 31.7 Å². The van der Waals surface area contributed by atoms with E-state index in [1.807, 2.05) is 0 Å². The van der Waals surface area contributed by atoms with Crippen LogP contribution in [-0.2, 0) is 20.1 Å². The summed E-state index contributed by atoms with van der Waals surface area (Å²) in [6, 6.07) is 7.54. The molecule has 0 fully saturated rings. The molecule has 10 nitrogen and oxygen atoms in total. The minimum Gasteiger partial charge on any atom is -0.379 e. The second kappa shape index (κ2) is 7.66. The summed E-state index contributed by atoms with van der Waals surface area (Å²) in [5.41, 5.74) is -0.614. The van der Waals surface area contributed by atoms with E-state index in [1.54, 1.807) is 0 Å². The van der Waals surface area contributed by atoms with Crippen molar-refractivity contribution < 1.29 is 30.7 Å². The lowest BCUT2D eigenvalue weighted by molar-refractivity contribution is -0.388. The zero-order valence-corrected chi connectivity index (χ0v) is 16.7. The van der Waals surface area contributed by atoms with E-state index in [1.165, 1.54) is 45.3 Å². The summed E-state index contributed by atoms with van der Waals surface area (Å²) in [4.78, 5) is 20.3. The molecular formula is C16H16N2O8S2. The van der Waals surface area contributed by atoms with Crippen molar-refractivity contribution in [3.8, 4) is 5.75 Å². The third-order valence-corrected chi connectivity index (χ3v) is 6.75. The van der Waals surface area contributed by atoms with Crippen LogP contribution in [0.2, 0.25) is 0 Å². The number of carbonyl (C=O) groups excluding carboxylic acids is 1. The summed E-state index contributed by atoms with van der Waals surface area (Å²) in [6.45, 7) is 1.33. The Morgan fingerprint density at radius 1 is 1.04 bits per heavy atom. The fourth-order valence-electron chi connectivity index (χ4n) is 2.14. The highest BCUT2D eigenvalue weighted by molar-refractivity contribution is 7.89. The van der Waals surface area contributed by atoms with Crippen molar-refractivity contribution in [1.82, 2.24) is 4.31 Å². The Kier molecular flexibility index (Phi) is 5.87. The van der Waals surface area contributed by atoms with Gasteiger partial charge in [-0.3, -0.25) is 14.9 Å². The maximum Gasteiger partial charge on any atom is 0.346 e. The molecule has 150 valence electrons. The van der Waals surface area contributed by atoms with Gasteiger partial charge in [-0.2, -0.15) is 8.42 Å². The van der Waals surface area contributed by atoms with Crippen LogP contribution in [0, 0.1) is 10.1 Å². The lowest BCUT2D eigenvalue weighted by Crippen LogP contribution is -2.22. The monoisotopic (exact) mass is 428 g/mol. The SMILES string of the molecule is CC(=O)c1ccc(OS(=O)(=O)c2ccc(S(=O)(=O)N(C)C)cc2[N+](=O)[O-])cc1. The Morgan fingerprint density at radius 3 is 2.07 bits per heavy atom. The van der Waals surface area contributed by atoms with Gasteiger partial charge in [-0.1, -0.05) is 0 Å². The van der Waals surface area contributed by atoms with Crippen LogP contribution < -0.4 is 4.18 Å². The Labute approximate surface area is 161 Å². The summed E-state index contributed by atoms with van der Waals surface area (Å²) in [5.74, 6) is -0.396. The molecule has 0 atom stereocenters. The number of carbonyl (C=O) groups is 1. The molecule has 0 aliphatic rings. The molecule has 0 aromatic heterocycles. The Balaban J connectivity index is 2.50. The van der Waals surface area contributed by atoms with Crippen molar-refractivity contribution in [2.24, 2.45) is 0 Å². The molecule has 0 bridgehead atoms. The van der Waals surface area contributed by atoms with Gasteiger partial charge >= 0.3 is 10.1 Å². The van der Waals surface area contributed by atoms with Crippen molar-refractivity contribution in [1.29, 1.82) is 0 Å². The van der Waals surface area contributed by atoms with Crippen molar-refractivity contribution in [3.63, 3.8) is 0 Å².